The fourth-order valence-electron chi connectivity index (χ4n) is 2.41. The Morgan fingerprint density at radius 1 is 1.50 bits per heavy atom. The molecule has 0 amide bonds. The largest absolute Gasteiger partial charge is 0.384 e. The second-order valence-electron chi connectivity index (χ2n) is 4.54. The van der Waals surface area contributed by atoms with E-state index in [9.17, 15) is 0 Å². The van der Waals surface area contributed by atoms with Gasteiger partial charge in [0.2, 0.25) is 0 Å². The first-order valence-corrected chi connectivity index (χ1v) is 6.33. The average Bonchev–Trinajstić information content (AvgIpc) is 2.29. The molecule has 0 spiro atoms. The van der Waals surface area contributed by atoms with Gasteiger partial charge in [0.15, 0.2) is 0 Å². The molecule has 1 rings (SSSR count). The first-order valence-electron chi connectivity index (χ1n) is 6.33. The molecule has 0 aromatic rings. The Labute approximate surface area is 99.1 Å². The monoisotopic (exact) mass is 230 g/mol. The Kier molecular flexibility index (Phi) is 6.96. The van der Waals surface area contributed by atoms with Crippen molar-refractivity contribution in [2.75, 3.05) is 46.5 Å². The summed E-state index contributed by atoms with van der Waals surface area (Å²) >= 11 is 0. The average molecular weight is 230 g/mol. The molecule has 1 aliphatic rings. The van der Waals surface area contributed by atoms with Gasteiger partial charge in [-0.2, -0.15) is 0 Å². The highest BCUT2D eigenvalue weighted by molar-refractivity contribution is 4.75. The number of piperidine rings is 1. The molecule has 0 aromatic carbocycles. The highest BCUT2D eigenvalue weighted by Gasteiger charge is 2.21. The SMILES string of the molecule is CCOC(CN)CN1CCCC(COC)C1. The second kappa shape index (κ2) is 8.01. The van der Waals surface area contributed by atoms with Crippen LogP contribution in [0, 0.1) is 5.92 Å². The minimum absolute atomic E-state index is 0.186. The third kappa shape index (κ3) is 4.78. The number of rotatable bonds is 7. The van der Waals surface area contributed by atoms with Gasteiger partial charge in [0, 0.05) is 33.4 Å². The molecule has 0 aliphatic carbocycles. The molecule has 96 valence electrons. The molecule has 0 aromatic heterocycles. The molecule has 0 bridgehead atoms. The van der Waals surface area contributed by atoms with Gasteiger partial charge in [-0.25, -0.2) is 0 Å². The van der Waals surface area contributed by atoms with Crippen molar-refractivity contribution in [1.82, 2.24) is 4.90 Å². The van der Waals surface area contributed by atoms with Gasteiger partial charge in [-0.3, -0.25) is 0 Å². The van der Waals surface area contributed by atoms with Crippen LogP contribution in [-0.4, -0.2) is 57.5 Å². The van der Waals surface area contributed by atoms with Crippen molar-refractivity contribution in [3.63, 3.8) is 0 Å². The predicted molar refractivity (Wildman–Crippen MR) is 65.5 cm³/mol. The van der Waals surface area contributed by atoms with Crippen LogP contribution in [0.2, 0.25) is 0 Å². The molecule has 1 saturated heterocycles. The lowest BCUT2D eigenvalue weighted by molar-refractivity contribution is 0.0189. The maximum Gasteiger partial charge on any atom is 0.0823 e. The Hall–Kier alpha value is -0.160. The third-order valence-corrected chi connectivity index (χ3v) is 3.13. The predicted octanol–water partition coefficient (Wildman–Crippen LogP) is 0.709. The molecule has 0 radical (unpaired) electrons. The summed E-state index contributed by atoms with van der Waals surface area (Å²) in [5, 5.41) is 0. The van der Waals surface area contributed by atoms with Gasteiger partial charge in [-0.1, -0.05) is 0 Å². The van der Waals surface area contributed by atoms with Gasteiger partial charge in [0.1, 0.15) is 0 Å². The number of nitrogens with two attached hydrogens (primary N) is 1. The lowest BCUT2D eigenvalue weighted by Gasteiger charge is -2.34. The van der Waals surface area contributed by atoms with Crippen LogP contribution >= 0.6 is 0 Å². The number of methoxy groups -OCH3 is 1. The van der Waals surface area contributed by atoms with Crippen LogP contribution in [0.4, 0.5) is 0 Å². The summed E-state index contributed by atoms with van der Waals surface area (Å²) in [5.74, 6) is 0.679. The quantitative estimate of drug-likeness (QED) is 0.700. The van der Waals surface area contributed by atoms with Crippen LogP contribution in [0.15, 0.2) is 0 Å². The number of hydrogen-bond donors (Lipinski definition) is 1. The smallest absolute Gasteiger partial charge is 0.0823 e. The molecular formula is C12H26N2O2. The molecule has 1 heterocycles. The minimum Gasteiger partial charge on any atom is -0.384 e. The second-order valence-corrected chi connectivity index (χ2v) is 4.54. The summed E-state index contributed by atoms with van der Waals surface area (Å²) in [6, 6.07) is 0. The summed E-state index contributed by atoms with van der Waals surface area (Å²) < 4.78 is 10.8. The van der Waals surface area contributed by atoms with E-state index in [0.29, 0.717) is 12.5 Å². The van der Waals surface area contributed by atoms with E-state index in [1.165, 1.54) is 19.4 Å². The molecule has 16 heavy (non-hydrogen) atoms. The molecule has 4 nitrogen and oxygen atoms in total. The van der Waals surface area contributed by atoms with Crippen molar-refractivity contribution < 1.29 is 9.47 Å². The molecular weight excluding hydrogens is 204 g/mol. The fourth-order valence-corrected chi connectivity index (χ4v) is 2.41. The number of likely N-dealkylation sites (tertiary alicyclic amines) is 1. The number of hydrogen-bond acceptors (Lipinski definition) is 4. The highest BCUT2D eigenvalue weighted by atomic mass is 16.5. The van der Waals surface area contributed by atoms with E-state index in [0.717, 1.165) is 26.3 Å². The zero-order valence-electron chi connectivity index (χ0n) is 10.7. The number of nitrogens with zero attached hydrogens (tertiary/aromatic N) is 1. The van der Waals surface area contributed by atoms with E-state index >= 15 is 0 Å². The summed E-state index contributed by atoms with van der Waals surface area (Å²) in [5.41, 5.74) is 5.69. The van der Waals surface area contributed by atoms with Crippen molar-refractivity contribution >= 4 is 0 Å². The lowest BCUT2D eigenvalue weighted by atomic mass is 9.99. The molecule has 2 N–H and O–H groups in total. The van der Waals surface area contributed by atoms with Crippen LogP contribution in [0.5, 0.6) is 0 Å². The summed E-state index contributed by atoms with van der Waals surface area (Å²) in [6.07, 6.45) is 2.73. The minimum atomic E-state index is 0.186. The highest BCUT2D eigenvalue weighted by Crippen LogP contribution is 2.16. The molecule has 1 fully saturated rings. The van der Waals surface area contributed by atoms with Gasteiger partial charge in [-0.05, 0) is 32.2 Å². The Morgan fingerprint density at radius 2 is 2.31 bits per heavy atom. The van der Waals surface area contributed by atoms with Crippen LogP contribution in [-0.2, 0) is 9.47 Å². The molecule has 1 aliphatic heterocycles. The van der Waals surface area contributed by atoms with Crippen molar-refractivity contribution in [2.45, 2.75) is 25.9 Å². The van der Waals surface area contributed by atoms with Crippen LogP contribution in [0.25, 0.3) is 0 Å². The maximum absolute atomic E-state index is 5.69. The zero-order chi connectivity index (χ0) is 11.8. The lowest BCUT2D eigenvalue weighted by Crippen LogP contribution is -2.44. The van der Waals surface area contributed by atoms with Crippen molar-refractivity contribution in [3.05, 3.63) is 0 Å². The summed E-state index contributed by atoms with van der Waals surface area (Å²) in [7, 11) is 1.78. The van der Waals surface area contributed by atoms with Gasteiger partial charge in [0.05, 0.1) is 12.7 Å². The zero-order valence-corrected chi connectivity index (χ0v) is 10.7. The molecule has 2 atom stereocenters. The first-order chi connectivity index (χ1) is 7.80. The summed E-state index contributed by atoms with van der Waals surface area (Å²) in [6.45, 7) is 7.51. The van der Waals surface area contributed by atoms with Crippen LogP contribution in [0.3, 0.4) is 0 Å². The fraction of sp³-hybridized carbons (Fsp3) is 1.00. The van der Waals surface area contributed by atoms with E-state index < -0.39 is 0 Å². The van der Waals surface area contributed by atoms with E-state index in [4.69, 9.17) is 15.2 Å². The van der Waals surface area contributed by atoms with Gasteiger partial charge < -0.3 is 20.1 Å². The Bertz CT molecular complexity index is 176. The van der Waals surface area contributed by atoms with Gasteiger partial charge in [-0.15, -0.1) is 0 Å². The van der Waals surface area contributed by atoms with Crippen molar-refractivity contribution in [3.8, 4) is 0 Å². The van der Waals surface area contributed by atoms with Crippen LogP contribution in [0.1, 0.15) is 19.8 Å². The number of ether oxygens (including phenoxy) is 2. The van der Waals surface area contributed by atoms with Gasteiger partial charge >= 0.3 is 0 Å². The molecule has 0 saturated carbocycles. The third-order valence-electron chi connectivity index (χ3n) is 3.13. The van der Waals surface area contributed by atoms with E-state index in [-0.39, 0.29) is 6.10 Å². The maximum atomic E-state index is 5.69. The van der Waals surface area contributed by atoms with E-state index in [1.807, 2.05) is 6.92 Å². The molecule has 4 heteroatoms. The molecule has 2 unspecified atom stereocenters. The standard InChI is InChI=1S/C12H26N2O2/c1-3-16-12(7-13)9-14-6-4-5-11(8-14)10-15-2/h11-12H,3-10,13H2,1-2H3. The Balaban J connectivity index is 2.29. The summed E-state index contributed by atoms with van der Waals surface area (Å²) in [4.78, 5) is 2.46. The van der Waals surface area contributed by atoms with E-state index in [2.05, 4.69) is 4.90 Å². The Morgan fingerprint density at radius 3 is 2.94 bits per heavy atom. The first kappa shape index (κ1) is 13.9. The van der Waals surface area contributed by atoms with Crippen LogP contribution < -0.4 is 5.73 Å². The van der Waals surface area contributed by atoms with E-state index in [1.54, 1.807) is 7.11 Å². The van der Waals surface area contributed by atoms with Gasteiger partial charge in [0.25, 0.3) is 0 Å². The van der Waals surface area contributed by atoms with Crippen molar-refractivity contribution in [1.29, 1.82) is 0 Å². The topological polar surface area (TPSA) is 47.7 Å². The van der Waals surface area contributed by atoms with Crippen molar-refractivity contribution in [2.24, 2.45) is 11.7 Å². The normalized spacial score (nSPS) is 24.6.